The Balaban J connectivity index is 0.00000231. The van der Waals surface area contributed by atoms with Crippen LogP contribution in [-0.2, 0) is 6.54 Å². The highest BCUT2D eigenvalue weighted by molar-refractivity contribution is 7.59. The van der Waals surface area contributed by atoms with Crippen LogP contribution < -0.4 is 0 Å². The average Bonchev–Trinajstić information content (AvgIpc) is 3.30. The van der Waals surface area contributed by atoms with Crippen LogP contribution in [0.5, 0.6) is 0 Å². The number of fused-ring (bicyclic) bond motifs is 1. The van der Waals surface area contributed by atoms with E-state index in [0.29, 0.717) is 25.1 Å². The second kappa shape index (κ2) is 8.26. The summed E-state index contributed by atoms with van der Waals surface area (Å²) in [5, 5.41) is 5.47. The molecule has 3 aliphatic rings. The highest BCUT2D eigenvalue weighted by atomic mass is 32.1. The minimum absolute atomic E-state index is 0. The normalized spacial score (nSPS) is 19.0. The number of hydrogen-bond acceptors (Lipinski definition) is 3. The lowest BCUT2D eigenvalue weighted by Gasteiger charge is -2.37. The Labute approximate surface area is 186 Å². The first-order chi connectivity index (χ1) is 14.5. The molecule has 0 unspecified atom stereocenters. The molecule has 2 aromatic rings. The first-order valence-electron chi connectivity index (χ1n) is 9.88. The fourth-order valence-corrected chi connectivity index (χ4v) is 4.17. The third kappa shape index (κ3) is 3.99. The summed E-state index contributed by atoms with van der Waals surface area (Å²) in [5.74, 6) is -1.32. The van der Waals surface area contributed by atoms with E-state index in [2.05, 4.69) is 34.4 Å². The van der Waals surface area contributed by atoms with E-state index in [-0.39, 0.29) is 19.5 Å². The Bertz CT molecular complexity index is 1120. The van der Waals surface area contributed by atoms with Crippen LogP contribution in [-0.4, -0.2) is 41.0 Å². The van der Waals surface area contributed by atoms with Crippen LogP contribution >= 0.6 is 13.5 Å². The number of likely N-dealkylation sites (tertiary alicyclic amines) is 1. The fraction of sp³-hybridized carbons (Fsp3) is 0.261. The van der Waals surface area contributed by atoms with Crippen LogP contribution in [0.15, 0.2) is 52.1 Å². The summed E-state index contributed by atoms with van der Waals surface area (Å²) in [6, 6.07) is 8.89. The molecule has 2 amide bonds. The van der Waals surface area contributed by atoms with E-state index in [9.17, 15) is 13.6 Å². The molecule has 0 bridgehead atoms. The second-order valence-electron chi connectivity index (χ2n) is 7.86. The summed E-state index contributed by atoms with van der Waals surface area (Å²) in [7, 11) is 0. The summed E-state index contributed by atoms with van der Waals surface area (Å²) in [6.07, 6.45) is 4.14. The van der Waals surface area contributed by atoms with Crippen molar-refractivity contribution < 1.29 is 13.6 Å². The smallest absolute Gasteiger partial charge is 0.315 e. The number of benzene rings is 2. The van der Waals surface area contributed by atoms with Gasteiger partial charge in [-0.3, -0.25) is 4.99 Å². The van der Waals surface area contributed by atoms with Gasteiger partial charge in [0.15, 0.2) is 0 Å². The van der Waals surface area contributed by atoms with Gasteiger partial charge in [-0.2, -0.15) is 18.6 Å². The van der Waals surface area contributed by atoms with Crippen molar-refractivity contribution in [3.8, 4) is 0 Å². The van der Waals surface area contributed by atoms with E-state index in [1.807, 2.05) is 6.92 Å². The van der Waals surface area contributed by atoms with Gasteiger partial charge in [0.2, 0.25) is 0 Å². The monoisotopic (exact) mass is 440 g/mol. The first-order valence-corrected chi connectivity index (χ1v) is 9.88. The van der Waals surface area contributed by atoms with Gasteiger partial charge in [-0.05, 0) is 47.4 Å². The van der Waals surface area contributed by atoms with Gasteiger partial charge in [0.25, 0.3) is 0 Å². The number of carbonyl (C=O) groups is 1. The molecular formula is C23H22F2N4OS. The zero-order valence-corrected chi connectivity index (χ0v) is 18.0. The molecule has 0 saturated carbocycles. The Morgan fingerprint density at radius 1 is 1.13 bits per heavy atom. The molecule has 31 heavy (non-hydrogen) atoms. The average molecular weight is 441 g/mol. The Morgan fingerprint density at radius 3 is 2.61 bits per heavy atom. The molecule has 1 atom stereocenters. The summed E-state index contributed by atoms with van der Waals surface area (Å²) in [6.45, 7) is 3.77. The molecule has 0 aliphatic carbocycles. The molecule has 3 aliphatic heterocycles. The number of amides is 2. The molecule has 0 N–H and O–H groups in total. The van der Waals surface area contributed by atoms with Crippen molar-refractivity contribution in [1.29, 1.82) is 0 Å². The van der Waals surface area contributed by atoms with Crippen LogP contribution in [0.25, 0.3) is 6.08 Å². The van der Waals surface area contributed by atoms with E-state index in [1.54, 1.807) is 11.1 Å². The highest BCUT2D eigenvalue weighted by Crippen LogP contribution is 2.32. The fourth-order valence-electron chi connectivity index (χ4n) is 4.17. The zero-order chi connectivity index (χ0) is 20.8. The summed E-state index contributed by atoms with van der Waals surface area (Å²) >= 11 is 0. The number of rotatable bonds is 2. The highest BCUT2D eigenvalue weighted by Gasteiger charge is 2.35. The number of halogens is 2. The van der Waals surface area contributed by atoms with Gasteiger partial charge in [-0.25, -0.2) is 18.6 Å². The van der Waals surface area contributed by atoms with E-state index in [4.69, 9.17) is 0 Å². The van der Waals surface area contributed by atoms with Crippen molar-refractivity contribution in [2.45, 2.75) is 25.9 Å². The third-order valence-electron chi connectivity index (χ3n) is 5.73. The van der Waals surface area contributed by atoms with Crippen molar-refractivity contribution in [3.63, 3.8) is 0 Å². The van der Waals surface area contributed by atoms with Crippen LogP contribution in [0.2, 0.25) is 0 Å². The molecular weight excluding hydrogens is 418 g/mol. The first kappa shape index (κ1) is 21.2. The van der Waals surface area contributed by atoms with E-state index < -0.39 is 17.7 Å². The molecule has 1 saturated heterocycles. The molecule has 160 valence electrons. The van der Waals surface area contributed by atoms with Crippen LogP contribution in [0, 0.1) is 11.6 Å². The number of nitrogens with zero attached hydrogens (tertiary/aromatic N) is 4. The third-order valence-corrected chi connectivity index (χ3v) is 5.73. The van der Waals surface area contributed by atoms with Gasteiger partial charge in [0, 0.05) is 43.1 Å². The van der Waals surface area contributed by atoms with Crippen LogP contribution in [0.3, 0.4) is 0 Å². The van der Waals surface area contributed by atoms with Crippen molar-refractivity contribution in [1.82, 2.24) is 9.91 Å². The molecule has 0 aromatic heterocycles. The van der Waals surface area contributed by atoms with Crippen molar-refractivity contribution in [2.75, 3.05) is 13.1 Å². The molecule has 5 rings (SSSR count). The minimum atomic E-state index is -0.659. The maximum absolute atomic E-state index is 13.6. The number of urea groups is 1. The maximum Gasteiger partial charge on any atom is 0.341 e. The van der Waals surface area contributed by atoms with Crippen molar-refractivity contribution in [2.24, 2.45) is 10.1 Å². The van der Waals surface area contributed by atoms with E-state index in [1.165, 1.54) is 28.3 Å². The van der Waals surface area contributed by atoms with Gasteiger partial charge in [-0.1, -0.05) is 18.2 Å². The number of hydrazone groups is 1. The predicted octanol–water partition coefficient (Wildman–Crippen LogP) is 4.65. The molecule has 1 fully saturated rings. The quantitative estimate of drug-likeness (QED) is 0.671. The second-order valence-corrected chi connectivity index (χ2v) is 7.86. The molecule has 0 radical (unpaired) electrons. The molecule has 8 heteroatoms. The topological polar surface area (TPSA) is 48.3 Å². The van der Waals surface area contributed by atoms with E-state index in [0.717, 1.165) is 29.5 Å². The van der Waals surface area contributed by atoms with Crippen LogP contribution in [0.4, 0.5) is 13.6 Å². The largest absolute Gasteiger partial charge is 0.341 e. The van der Waals surface area contributed by atoms with E-state index >= 15 is 0 Å². The number of aliphatic imine (C=N–C) groups is 1. The number of hydrogen-bond donors (Lipinski definition) is 0. The summed E-state index contributed by atoms with van der Waals surface area (Å²) in [4.78, 5) is 19.0. The van der Waals surface area contributed by atoms with Crippen molar-refractivity contribution in [3.05, 3.63) is 75.9 Å². The predicted molar refractivity (Wildman–Crippen MR) is 122 cm³/mol. The Morgan fingerprint density at radius 2 is 1.87 bits per heavy atom. The zero-order valence-electron chi connectivity index (χ0n) is 17.0. The Hall–Kier alpha value is -3.00. The molecule has 0 spiro atoms. The summed E-state index contributed by atoms with van der Waals surface area (Å²) < 4.78 is 27.2. The lowest BCUT2D eigenvalue weighted by Crippen LogP contribution is -2.49. The minimum Gasteiger partial charge on any atom is -0.315 e. The standard InChI is InChI=1S/C23H20F2N4O.H2S/c1-14-21-3-2-15(7-18(21)11-26-14)6-16-12-28(13-16)23(30)29-22(4-5-27-29)17-8-19(24)10-20(25)9-17;/h2-3,5-10,22H,4,11-13H2,1H3;1H2/t22-;/m0./s1. The van der Waals surface area contributed by atoms with Gasteiger partial charge in [0.1, 0.15) is 11.6 Å². The lowest BCUT2D eigenvalue weighted by molar-refractivity contribution is 0.136. The van der Waals surface area contributed by atoms with Crippen molar-refractivity contribution >= 4 is 37.5 Å². The Kier molecular flexibility index (Phi) is 5.66. The lowest BCUT2D eigenvalue weighted by atomic mass is 9.99. The van der Waals surface area contributed by atoms with Gasteiger partial charge < -0.3 is 4.90 Å². The van der Waals surface area contributed by atoms with Gasteiger partial charge >= 0.3 is 6.03 Å². The van der Waals surface area contributed by atoms with Crippen LogP contribution in [0.1, 0.15) is 41.6 Å². The number of carbonyl (C=O) groups excluding carboxylic acids is 1. The van der Waals surface area contributed by atoms with Gasteiger partial charge in [0.05, 0.1) is 12.6 Å². The molecule has 2 aromatic carbocycles. The van der Waals surface area contributed by atoms with Gasteiger partial charge in [-0.15, -0.1) is 0 Å². The molecule has 3 heterocycles. The summed E-state index contributed by atoms with van der Waals surface area (Å²) in [5.41, 5.74) is 6.16. The maximum atomic E-state index is 13.6. The SMILES string of the molecule is CC1=NCc2cc(C=C3CN(C(=O)N4N=CC[C@H]4c4cc(F)cc(F)c4)C3)ccc21.S. The molecule has 5 nitrogen and oxygen atoms in total.